The maximum absolute atomic E-state index is 12.1. The molecular weight excluding hydrogens is 242 g/mol. The van der Waals surface area contributed by atoms with Gasteiger partial charge in [0.05, 0.1) is 6.54 Å². The molecule has 98 valence electrons. The van der Waals surface area contributed by atoms with Gasteiger partial charge < -0.3 is 0 Å². The molecule has 2 nitrogen and oxygen atoms in total. The van der Waals surface area contributed by atoms with Crippen LogP contribution >= 0.6 is 11.8 Å². The predicted molar refractivity (Wildman–Crippen MR) is 78.4 cm³/mol. The summed E-state index contributed by atoms with van der Waals surface area (Å²) in [7, 11) is 0. The van der Waals surface area contributed by atoms with E-state index in [9.17, 15) is 4.79 Å². The molecule has 0 bridgehead atoms. The Bertz CT molecular complexity index is 379. The van der Waals surface area contributed by atoms with Gasteiger partial charge in [-0.25, -0.2) is 0 Å². The van der Waals surface area contributed by atoms with Gasteiger partial charge in [0.1, 0.15) is 0 Å². The van der Waals surface area contributed by atoms with Crippen molar-refractivity contribution in [1.82, 2.24) is 4.90 Å². The average Bonchev–Trinajstić information content (AvgIpc) is 2.65. The Morgan fingerprint density at radius 3 is 2.78 bits per heavy atom. The zero-order valence-electron chi connectivity index (χ0n) is 11.0. The van der Waals surface area contributed by atoms with Crippen LogP contribution < -0.4 is 0 Å². The number of likely N-dealkylation sites (tertiary alicyclic amines) is 1. The molecule has 1 aliphatic heterocycles. The third kappa shape index (κ3) is 3.85. The molecule has 0 spiro atoms. The monoisotopic (exact) mass is 263 g/mol. The summed E-state index contributed by atoms with van der Waals surface area (Å²) in [5.74, 6) is 0.248. The summed E-state index contributed by atoms with van der Waals surface area (Å²) in [5, 5.41) is 0.779. The first kappa shape index (κ1) is 13.6. The van der Waals surface area contributed by atoms with Gasteiger partial charge in [0.15, 0.2) is 5.78 Å². The topological polar surface area (TPSA) is 20.3 Å². The minimum absolute atomic E-state index is 0.248. The zero-order chi connectivity index (χ0) is 12.8. The molecule has 0 N–H and O–H groups in total. The highest BCUT2D eigenvalue weighted by molar-refractivity contribution is 7.99. The van der Waals surface area contributed by atoms with Gasteiger partial charge in [-0.15, -0.1) is 0 Å². The maximum Gasteiger partial charge on any atom is 0.176 e. The van der Waals surface area contributed by atoms with Crippen molar-refractivity contribution in [3.8, 4) is 0 Å². The summed E-state index contributed by atoms with van der Waals surface area (Å²) in [6, 6.07) is 9.63. The maximum atomic E-state index is 12.1. The summed E-state index contributed by atoms with van der Waals surface area (Å²) in [5.41, 5.74) is 0.836. The summed E-state index contributed by atoms with van der Waals surface area (Å²) < 4.78 is 0. The van der Waals surface area contributed by atoms with Crippen molar-refractivity contribution in [2.24, 2.45) is 0 Å². The van der Waals surface area contributed by atoms with Crippen LogP contribution in [0.25, 0.3) is 0 Å². The van der Waals surface area contributed by atoms with Crippen LogP contribution in [0.15, 0.2) is 30.3 Å². The predicted octanol–water partition coefficient (Wildman–Crippen LogP) is 3.09. The number of rotatable bonds is 4. The van der Waals surface area contributed by atoms with Crippen LogP contribution in [-0.2, 0) is 0 Å². The van der Waals surface area contributed by atoms with E-state index in [1.807, 2.05) is 42.1 Å². The fourth-order valence-corrected chi connectivity index (χ4v) is 3.18. The van der Waals surface area contributed by atoms with Crippen LogP contribution in [0, 0.1) is 0 Å². The van der Waals surface area contributed by atoms with Gasteiger partial charge in [-0.05, 0) is 38.6 Å². The molecule has 1 fully saturated rings. The molecule has 3 heteroatoms. The second-order valence-electron chi connectivity index (χ2n) is 4.85. The molecule has 0 aliphatic carbocycles. The fraction of sp³-hybridized carbons (Fsp3) is 0.533. The first-order valence-electron chi connectivity index (χ1n) is 6.63. The molecule has 1 saturated heterocycles. The Morgan fingerprint density at radius 2 is 2.06 bits per heavy atom. The third-order valence-corrected chi connectivity index (χ3v) is 4.70. The van der Waals surface area contributed by atoms with E-state index < -0.39 is 0 Å². The second-order valence-corrected chi connectivity index (χ2v) is 5.99. The highest BCUT2D eigenvalue weighted by Gasteiger charge is 2.18. The van der Waals surface area contributed by atoms with Crippen molar-refractivity contribution in [3.05, 3.63) is 35.9 Å². The lowest BCUT2D eigenvalue weighted by molar-refractivity contribution is 0.0933. The highest BCUT2D eigenvalue weighted by Crippen LogP contribution is 2.21. The van der Waals surface area contributed by atoms with Crippen LogP contribution in [0.4, 0.5) is 0 Å². The quantitative estimate of drug-likeness (QED) is 0.779. The van der Waals surface area contributed by atoms with Crippen LogP contribution in [-0.4, -0.2) is 41.8 Å². The van der Waals surface area contributed by atoms with E-state index in [-0.39, 0.29) is 5.78 Å². The third-order valence-electron chi connectivity index (χ3n) is 3.56. The van der Waals surface area contributed by atoms with Gasteiger partial charge >= 0.3 is 0 Å². The molecular formula is C15H21NOS. The van der Waals surface area contributed by atoms with Crippen molar-refractivity contribution in [2.75, 3.05) is 25.9 Å². The molecule has 0 aromatic heterocycles. The van der Waals surface area contributed by atoms with E-state index in [4.69, 9.17) is 0 Å². The van der Waals surface area contributed by atoms with Crippen molar-refractivity contribution in [1.29, 1.82) is 0 Å². The molecule has 18 heavy (non-hydrogen) atoms. The van der Waals surface area contributed by atoms with Gasteiger partial charge in [0, 0.05) is 10.8 Å². The van der Waals surface area contributed by atoms with Gasteiger partial charge in [0.25, 0.3) is 0 Å². The zero-order valence-corrected chi connectivity index (χ0v) is 11.8. The molecule has 1 aromatic carbocycles. The van der Waals surface area contributed by atoms with Crippen LogP contribution in [0.3, 0.4) is 0 Å². The van der Waals surface area contributed by atoms with E-state index in [0.29, 0.717) is 6.54 Å². The number of nitrogens with zero attached hydrogens (tertiary/aromatic N) is 1. The summed E-state index contributed by atoms with van der Waals surface area (Å²) in [4.78, 5) is 14.4. The largest absolute Gasteiger partial charge is 0.296 e. The number of ketones is 1. The molecule has 2 rings (SSSR count). The Hall–Kier alpha value is -0.800. The molecule has 1 heterocycles. The van der Waals surface area contributed by atoms with E-state index in [1.54, 1.807) is 0 Å². The minimum atomic E-state index is 0.248. The minimum Gasteiger partial charge on any atom is -0.296 e. The van der Waals surface area contributed by atoms with Crippen molar-refractivity contribution in [3.63, 3.8) is 0 Å². The molecule has 0 saturated carbocycles. The smallest absolute Gasteiger partial charge is 0.176 e. The number of carbonyl (C=O) groups is 1. The number of hydrogen-bond acceptors (Lipinski definition) is 3. The average molecular weight is 263 g/mol. The number of hydrogen-bond donors (Lipinski definition) is 0. The first-order chi connectivity index (χ1) is 8.79. The molecule has 1 aliphatic rings. The Balaban J connectivity index is 1.88. The molecule has 0 radical (unpaired) electrons. The Kier molecular flexibility index (Phi) is 5.26. The lowest BCUT2D eigenvalue weighted by Gasteiger charge is -2.19. The SMILES string of the molecule is CSC1CCCN(CC(=O)c2ccccc2)CC1. The van der Waals surface area contributed by atoms with Gasteiger partial charge in [-0.1, -0.05) is 30.3 Å². The van der Waals surface area contributed by atoms with Gasteiger partial charge in [0.2, 0.25) is 0 Å². The molecule has 1 atom stereocenters. The fourth-order valence-electron chi connectivity index (χ4n) is 2.44. The number of benzene rings is 1. The normalized spacial score (nSPS) is 21.5. The van der Waals surface area contributed by atoms with E-state index in [1.165, 1.54) is 19.3 Å². The Morgan fingerprint density at radius 1 is 1.28 bits per heavy atom. The summed E-state index contributed by atoms with van der Waals surface area (Å²) >= 11 is 1.96. The number of carbonyl (C=O) groups excluding carboxylic acids is 1. The van der Waals surface area contributed by atoms with Crippen molar-refractivity contribution in [2.45, 2.75) is 24.5 Å². The van der Waals surface area contributed by atoms with Crippen LogP contribution in [0.1, 0.15) is 29.6 Å². The van der Waals surface area contributed by atoms with Gasteiger partial charge in [-0.2, -0.15) is 11.8 Å². The number of thioether (sulfide) groups is 1. The lowest BCUT2D eigenvalue weighted by atomic mass is 10.1. The van der Waals surface area contributed by atoms with Crippen molar-refractivity contribution < 1.29 is 4.79 Å². The standard InChI is InChI=1S/C15H21NOS/c1-18-14-8-5-10-16(11-9-14)12-15(17)13-6-3-2-4-7-13/h2-4,6-7,14H,5,8-12H2,1H3. The molecule has 0 amide bonds. The number of Topliss-reactive ketones (excluding diaryl/α,β-unsaturated/α-hetero) is 1. The lowest BCUT2D eigenvalue weighted by Crippen LogP contribution is -2.31. The van der Waals surface area contributed by atoms with E-state index >= 15 is 0 Å². The summed E-state index contributed by atoms with van der Waals surface area (Å²) in [6.45, 7) is 2.70. The second kappa shape index (κ2) is 6.95. The molecule has 1 unspecified atom stereocenters. The molecule has 1 aromatic rings. The van der Waals surface area contributed by atoms with Crippen molar-refractivity contribution >= 4 is 17.5 Å². The summed E-state index contributed by atoms with van der Waals surface area (Å²) in [6.07, 6.45) is 5.91. The highest BCUT2D eigenvalue weighted by atomic mass is 32.2. The van der Waals surface area contributed by atoms with Gasteiger partial charge in [-0.3, -0.25) is 9.69 Å². The first-order valence-corrected chi connectivity index (χ1v) is 7.92. The van der Waals surface area contributed by atoms with Crippen LogP contribution in [0.2, 0.25) is 0 Å². The van der Waals surface area contributed by atoms with Crippen LogP contribution in [0.5, 0.6) is 0 Å². The van der Waals surface area contributed by atoms with E-state index in [0.717, 1.165) is 23.9 Å². The van der Waals surface area contributed by atoms with E-state index in [2.05, 4.69) is 11.2 Å². The Labute approximate surface area is 114 Å².